The molecule has 6 nitrogen and oxygen atoms in total. The zero-order valence-electron chi connectivity index (χ0n) is 14.5. The van der Waals surface area contributed by atoms with Gasteiger partial charge in [0.05, 0.1) is 6.04 Å². The second-order valence-electron chi connectivity index (χ2n) is 7.85. The second-order valence-corrected chi connectivity index (χ2v) is 7.85. The maximum Gasteiger partial charge on any atom is 0.333 e. The molecule has 0 amide bonds. The minimum Gasteiger partial charge on any atom is -0.494 e. The van der Waals surface area contributed by atoms with Crippen molar-refractivity contribution in [3.63, 3.8) is 0 Å². The zero-order chi connectivity index (χ0) is 17.2. The average Bonchev–Trinajstić information content (AvgIpc) is 2.84. The summed E-state index contributed by atoms with van der Waals surface area (Å²) in [7, 11) is 2.85. The van der Waals surface area contributed by atoms with E-state index in [-0.39, 0.29) is 28.3 Å². The summed E-state index contributed by atoms with van der Waals surface area (Å²) < 4.78 is 2.06. The van der Waals surface area contributed by atoms with Crippen LogP contribution in [-0.2, 0) is 14.1 Å². The van der Waals surface area contributed by atoms with Crippen LogP contribution in [0.15, 0.2) is 14.6 Å². The van der Waals surface area contributed by atoms with E-state index in [9.17, 15) is 14.7 Å². The first-order valence-electron chi connectivity index (χ1n) is 8.13. The molecular formula is C17H25N3O3. The van der Waals surface area contributed by atoms with Gasteiger partial charge < -0.3 is 5.11 Å². The predicted molar refractivity (Wildman–Crippen MR) is 89.2 cm³/mol. The molecule has 2 bridgehead atoms. The van der Waals surface area contributed by atoms with Gasteiger partial charge in [-0.05, 0) is 36.0 Å². The smallest absolute Gasteiger partial charge is 0.333 e. The van der Waals surface area contributed by atoms with Crippen molar-refractivity contribution in [2.45, 2.75) is 46.1 Å². The van der Waals surface area contributed by atoms with Gasteiger partial charge in [0, 0.05) is 20.3 Å². The van der Waals surface area contributed by atoms with Crippen molar-refractivity contribution in [1.29, 1.82) is 0 Å². The number of hydrogen-bond acceptors (Lipinski definition) is 4. The van der Waals surface area contributed by atoms with Crippen LogP contribution < -0.4 is 11.2 Å². The average molecular weight is 319 g/mol. The first-order chi connectivity index (χ1) is 10.6. The lowest BCUT2D eigenvalue weighted by Gasteiger charge is -2.37. The molecule has 3 atom stereocenters. The molecule has 0 aromatic carbocycles. The molecule has 2 aliphatic rings. The minimum absolute atomic E-state index is 0.0822. The summed E-state index contributed by atoms with van der Waals surface area (Å²) in [6.07, 6.45) is 4.86. The Labute approximate surface area is 135 Å². The maximum absolute atomic E-state index is 12.2. The highest BCUT2D eigenvalue weighted by Crippen LogP contribution is 2.66. The van der Waals surface area contributed by atoms with Crippen LogP contribution in [0.25, 0.3) is 0 Å². The van der Waals surface area contributed by atoms with Gasteiger partial charge in [-0.3, -0.25) is 18.9 Å². The van der Waals surface area contributed by atoms with Gasteiger partial charge in [0.15, 0.2) is 0 Å². The summed E-state index contributed by atoms with van der Waals surface area (Å²) in [6.45, 7) is 6.90. The Bertz CT molecular complexity index is 803. The molecule has 1 N–H and O–H groups in total. The van der Waals surface area contributed by atoms with E-state index in [2.05, 4.69) is 25.8 Å². The van der Waals surface area contributed by atoms with Gasteiger partial charge in [-0.2, -0.15) is 0 Å². The van der Waals surface area contributed by atoms with Crippen molar-refractivity contribution >= 4 is 6.21 Å². The summed E-state index contributed by atoms with van der Waals surface area (Å²) in [5, 5.41) is 10.1. The molecule has 0 unspecified atom stereocenters. The highest BCUT2D eigenvalue weighted by molar-refractivity contribution is 5.82. The molecular weight excluding hydrogens is 294 g/mol. The molecule has 6 heteroatoms. The molecule has 0 spiro atoms. The third kappa shape index (κ3) is 1.96. The third-order valence-electron chi connectivity index (χ3n) is 6.80. The van der Waals surface area contributed by atoms with E-state index < -0.39 is 11.2 Å². The van der Waals surface area contributed by atoms with Crippen LogP contribution in [0.2, 0.25) is 0 Å². The Morgan fingerprint density at radius 2 is 1.87 bits per heavy atom. The van der Waals surface area contributed by atoms with Crippen molar-refractivity contribution in [1.82, 2.24) is 9.13 Å². The number of aromatic hydroxyl groups is 1. The molecule has 0 aliphatic heterocycles. The number of fused-ring (bicyclic) bond motifs is 2. The van der Waals surface area contributed by atoms with Gasteiger partial charge in [-0.25, -0.2) is 4.79 Å². The molecule has 2 fully saturated rings. The summed E-state index contributed by atoms with van der Waals surface area (Å²) in [5.74, 6) is 0.334. The van der Waals surface area contributed by atoms with Gasteiger partial charge in [-0.15, -0.1) is 0 Å². The van der Waals surface area contributed by atoms with Gasteiger partial charge in [-0.1, -0.05) is 20.8 Å². The van der Waals surface area contributed by atoms with E-state index in [1.165, 1.54) is 26.7 Å². The van der Waals surface area contributed by atoms with Crippen LogP contribution in [0.5, 0.6) is 5.88 Å². The van der Waals surface area contributed by atoms with E-state index in [0.29, 0.717) is 5.92 Å². The van der Waals surface area contributed by atoms with Crippen molar-refractivity contribution in [2.24, 2.45) is 35.8 Å². The Morgan fingerprint density at radius 1 is 1.22 bits per heavy atom. The molecule has 2 saturated carbocycles. The van der Waals surface area contributed by atoms with E-state index >= 15 is 0 Å². The molecule has 3 rings (SSSR count). The summed E-state index contributed by atoms with van der Waals surface area (Å²) in [4.78, 5) is 28.7. The van der Waals surface area contributed by atoms with E-state index in [4.69, 9.17) is 0 Å². The van der Waals surface area contributed by atoms with Crippen molar-refractivity contribution in [2.75, 3.05) is 0 Å². The molecule has 126 valence electrons. The van der Waals surface area contributed by atoms with Gasteiger partial charge in [0.25, 0.3) is 5.56 Å². The van der Waals surface area contributed by atoms with Gasteiger partial charge in [0.2, 0.25) is 5.88 Å². The van der Waals surface area contributed by atoms with Gasteiger partial charge >= 0.3 is 5.69 Å². The molecule has 1 heterocycles. The lowest BCUT2D eigenvalue weighted by Crippen LogP contribution is -2.39. The number of nitrogens with zero attached hydrogens (tertiary/aromatic N) is 3. The number of rotatable bonds is 2. The van der Waals surface area contributed by atoms with Crippen LogP contribution in [-0.4, -0.2) is 26.5 Å². The molecule has 23 heavy (non-hydrogen) atoms. The molecule has 0 saturated heterocycles. The quantitative estimate of drug-likeness (QED) is 0.838. The largest absolute Gasteiger partial charge is 0.494 e. The topological polar surface area (TPSA) is 76.6 Å². The Kier molecular flexibility index (Phi) is 3.36. The lowest BCUT2D eigenvalue weighted by atomic mass is 9.69. The standard InChI is InChI=1S/C17H25N3O3/c1-16(2)10-6-7-17(16,3)12(8-10)18-9-11-13(21)19(4)15(23)20(5)14(11)22/h9-10,12,21H,6-8H2,1-5H3/t10-,12+,17+/m0/s1. The summed E-state index contributed by atoms with van der Waals surface area (Å²) in [6, 6.07) is 0.151. The molecule has 1 aromatic heterocycles. The molecule has 0 radical (unpaired) electrons. The number of aromatic nitrogens is 2. The zero-order valence-corrected chi connectivity index (χ0v) is 14.5. The second kappa shape index (κ2) is 4.82. The molecule has 1 aromatic rings. The fourth-order valence-corrected chi connectivity index (χ4v) is 4.52. The highest BCUT2D eigenvalue weighted by Gasteiger charge is 2.61. The minimum atomic E-state index is -0.544. The van der Waals surface area contributed by atoms with Crippen LogP contribution >= 0.6 is 0 Å². The first kappa shape index (κ1) is 16.0. The Balaban J connectivity index is 2.01. The highest BCUT2D eigenvalue weighted by atomic mass is 16.3. The van der Waals surface area contributed by atoms with Gasteiger partial charge in [0.1, 0.15) is 5.56 Å². The van der Waals surface area contributed by atoms with E-state index in [1.54, 1.807) is 0 Å². The maximum atomic E-state index is 12.2. The summed E-state index contributed by atoms with van der Waals surface area (Å²) >= 11 is 0. The Morgan fingerprint density at radius 3 is 2.39 bits per heavy atom. The fraction of sp³-hybridized carbons (Fsp3) is 0.706. The normalized spacial score (nSPS) is 32.0. The number of hydrogen-bond donors (Lipinski definition) is 1. The van der Waals surface area contributed by atoms with E-state index in [0.717, 1.165) is 22.0 Å². The lowest BCUT2D eigenvalue weighted by molar-refractivity contribution is 0.137. The number of aliphatic imine (C=N–C) groups is 1. The van der Waals surface area contributed by atoms with Crippen LogP contribution in [0.3, 0.4) is 0 Å². The van der Waals surface area contributed by atoms with Crippen LogP contribution in [0.1, 0.15) is 45.6 Å². The first-order valence-corrected chi connectivity index (χ1v) is 8.13. The fourth-order valence-electron chi connectivity index (χ4n) is 4.52. The van der Waals surface area contributed by atoms with Crippen molar-refractivity contribution in [3.8, 4) is 5.88 Å². The predicted octanol–water partition coefficient (Wildman–Crippen LogP) is 1.42. The summed E-state index contributed by atoms with van der Waals surface area (Å²) in [5.41, 5.74) is -0.611. The van der Waals surface area contributed by atoms with Crippen molar-refractivity contribution in [3.05, 3.63) is 26.4 Å². The van der Waals surface area contributed by atoms with Crippen molar-refractivity contribution < 1.29 is 5.11 Å². The molecule has 2 aliphatic carbocycles. The Hall–Kier alpha value is -1.85. The monoisotopic (exact) mass is 319 g/mol. The van der Waals surface area contributed by atoms with Crippen LogP contribution in [0.4, 0.5) is 0 Å². The SMILES string of the molecule is Cn1c(O)c(C=N[C@@H]2C[C@@H]3CC[C@@]2(C)C3(C)C)c(=O)n(C)c1=O. The van der Waals surface area contributed by atoms with Crippen LogP contribution in [0, 0.1) is 16.7 Å². The third-order valence-corrected chi connectivity index (χ3v) is 6.80. The van der Waals surface area contributed by atoms with E-state index in [1.807, 2.05) is 0 Å².